The average molecular weight is 479 g/mol. The lowest BCUT2D eigenvalue weighted by Gasteiger charge is -2.15. The number of halogens is 3. The molecule has 0 fully saturated rings. The summed E-state index contributed by atoms with van der Waals surface area (Å²) in [7, 11) is 1.63. The first kappa shape index (κ1) is 21.6. The zero-order valence-electron chi connectivity index (χ0n) is 16.1. The van der Waals surface area contributed by atoms with Crippen molar-refractivity contribution in [3.05, 3.63) is 92.7 Å². The smallest absolute Gasteiger partial charge is 0.162 e. The third kappa shape index (κ3) is 6.46. The molecule has 3 nitrogen and oxygen atoms in total. The van der Waals surface area contributed by atoms with Crippen LogP contribution in [0.2, 0.25) is 5.02 Å². The first-order valence-electron chi connectivity index (χ1n) is 9.24. The maximum absolute atomic E-state index is 13.0. The minimum Gasteiger partial charge on any atom is -0.493 e. The number of nitrogens with one attached hydrogen (secondary N) is 1. The molecule has 6 heteroatoms. The van der Waals surface area contributed by atoms with Crippen LogP contribution >= 0.6 is 27.5 Å². The SMILES string of the molecule is COc1cc(CNCCc2ccc(F)cc2)c(Br)cc1OCc1ccc(Cl)cc1. The molecule has 152 valence electrons. The van der Waals surface area contributed by atoms with Gasteiger partial charge in [-0.15, -0.1) is 0 Å². The number of benzene rings is 3. The molecule has 0 saturated carbocycles. The fourth-order valence-corrected chi connectivity index (χ4v) is 3.42. The molecule has 0 saturated heterocycles. The van der Waals surface area contributed by atoms with Crippen LogP contribution < -0.4 is 14.8 Å². The van der Waals surface area contributed by atoms with Crippen LogP contribution in [0.15, 0.2) is 65.1 Å². The van der Waals surface area contributed by atoms with Crippen LogP contribution in [0.1, 0.15) is 16.7 Å². The van der Waals surface area contributed by atoms with Crippen molar-refractivity contribution in [3.8, 4) is 11.5 Å². The van der Waals surface area contributed by atoms with E-state index in [0.29, 0.717) is 29.7 Å². The van der Waals surface area contributed by atoms with Crippen molar-refractivity contribution in [1.82, 2.24) is 5.32 Å². The first-order valence-corrected chi connectivity index (χ1v) is 10.4. The summed E-state index contributed by atoms with van der Waals surface area (Å²) in [5, 5.41) is 4.11. The standard InChI is InChI=1S/C23H22BrClFNO2/c1-28-22-12-18(14-27-11-10-16-4-8-20(26)9-5-16)21(24)13-23(22)29-15-17-2-6-19(25)7-3-17/h2-9,12-13,27H,10-11,14-15H2,1H3. The number of ether oxygens (including phenoxy) is 2. The molecule has 3 aromatic carbocycles. The minimum absolute atomic E-state index is 0.212. The summed E-state index contributed by atoms with van der Waals surface area (Å²) in [5.74, 6) is 1.14. The minimum atomic E-state index is -0.212. The van der Waals surface area contributed by atoms with Gasteiger partial charge in [-0.1, -0.05) is 51.8 Å². The van der Waals surface area contributed by atoms with Gasteiger partial charge in [0.25, 0.3) is 0 Å². The van der Waals surface area contributed by atoms with E-state index in [9.17, 15) is 4.39 Å². The Labute approximate surface area is 183 Å². The first-order chi connectivity index (χ1) is 14.0. The highest BCUT2D eigenvalue weighted by Crippen LogP contribution is 2.34. The highest BCUT2D eigenvalue weighted by molar-refractivity contribution is 9.10. The second-order valence-electron chi connectivity index (χ2n) is 6.56. The van der Waals surface area contributed by atoms with E-state index in [1.807, 2.05) is 48.5 Å². The Balaban J connectivity index is 1.57. The number of hydrogen-bond acceptors (Lipinski definition) is 3. The monoisotopic (exact) mass is 477 g/mol. The molecule has 0 spiro atoms. The Hall–Kier alpha value is -2.08. The Bertz CT molecular complexity index is 933. The molecule has 1 N–H and O–H groups in total. The molecule has 0 unspecified atom stereocenters. The summed E-state index contributed by atoms with van der Waals surface area (Å²) in [6, 6.07) is 18.0. The second-order valence-corrected chi connectivity index (χ2v) is 7.85. The number of rotatable bonds is 9. The molecule has 0 aliphatic heterocycles. The predicted molar refractivity (Wildman–Crippen MR) is 118 cm³/mol. The van der Waals surface area contributed by atoms with Crippen molar-refractivity contribution in [1.29, 1.82) is 0 Å². The van der Waals surface area contributed by atoms with Gasteiger partial charge in [-0.25, -0.2) is 4.39 Å². The average Bonchev–Trinajstić information content (AvgIpc) is 2.73. The molecule has 0 radical (unpaired) electrons. The predicted octanol–water partition coefficient (Wildman–Crippen LogP) is 6.16. The summed E-state index contributed by atoms with van der Waals surface area (Å²) in [6.45, 7) is 1.89. The van der Waals surface area contributed by atoms with Gasteiger partial charge in [-0.3, -0.25) is 0 Å². The van der Waals surface area contributed by atoms with E-state index >= 15 is 0 Å². The van der Waals surface area contributed by atoms with E-state index < -0.39 is 0 Å². The number of hydrogen-bond donors (Lipinski definition) is 1. The molecule has 0 aliphatic rings. The highest BCUT2D eigenvalue weighted by Gasteiger charge is 2.11. The van der Waals surface area contributed by atoms with Crippen molar-refractivity contribution in [2.24, 2.45) is 0 Å². The lowest BCUT2D eigenvalue weighted by atomic mass is 10.1. The van der Waals surface area contributed by atoms with Crippen LogP contribution in [-0.2, 0) is 19.6 Å². The summed E-state index contributed by atoms with van der Waals surface area (Å²) < 4.78 is 25.3. The van der Waals surface area contributed by atoms with Crippen molar-refractivity contribution in [2.45, 2.75) is 19.6 Å². The molecule has 0 atom stereocenters. The molecular weight excluding hydrogens is 457 g/mol. The third-order valence-electron chi connectivity index (χ3n) is 4.46. The summed E-state index contributed by atoms with van der Waals surface area (Å²) in [4.78, 5) is 0. The molecule has 0 aliphatic carbocycles. The fraction of sp³-hybridized carbons (Fsp3) is 0.217. The summed E-state index contributed by atoms with van der Waals surface area (Å²) >= 11 is 9.54. The fourth-order valence-electron chi connectivity index (χ4n) is 2.83. The van der Waals surface area contributed by atoms with E-state index in [4.69, 9.17) is 21.1 Å². The van der Waals surface area contributed by atoms with E-state index in [-0.39, 0.29) is 5.82 Å². The Morgan fingerprint density at radius 1 is 0.966 bits per heavy atom. The van der Waals surface area contributed by atoms with Crippen molar-refractivity contribution >= 4 is 27.5 Å². The van der Waals surface area contributed by atoms with Crippen molar-refractivity contribution < 1.29 is 13.9 Å². The van der Waals surface area contributed by atoms with E-state index in [0.717, 1.165) is 34.1 Å². The largest absolute Gasteiger partial charge is 0.493 e. The van der Waals surface area contributed by atoms with Gasteiger partial charge in [0, 0.05) is 16.0 Å². The van der Waals surface area contributed by atoms with Crippen molar-refractivity contribution in [2.75, 3.05) is 13.7 Å². The quantitative estimate of drug-likeness (QED) is 0.374. The van der Waals surface area contributed by atoms with E-state index in [1.165, 1.54) is 12.1 Å². The lowest BCUT2D eigenvalue weighted by molar-refractivity contribution is 0.284. The molecule has 3 aromatic rings. The highest BCUT2D eigenvalue weighted by atomic mass is 79.9. The van der Waals surface area contributed by atoms with Crippen LogP contribution in [0.3, 0.4) is 0 Å². The zero-order valence-corrected chi connectivity index (χ0v) is 18.4. The summed E-state index contributed by atoms with van der Waals surface area (Å²) in [6.07, 6.45) is 0.831. The van der Waals surface area contributed by atoms with Gasteiger partial charge in [-0.05, 0) is 66.1 Å². The van der Waals surface area contributed by atoms with Crippen molar-refractivity contribution in [3.63, 3.8) is 0 Å². The molecule has 0 heterocycles. The Morgan fingerprint density at radius 3 is 2.34 bits per heavy atom. The van der Waals surface area contributed by atoms with E-state index in [2.05, 4.69) is 21.2 Å². The molecule has 0 amide bonds. The third-order valence-corrected chi connectivity index (χ3v) is 5.45. The van der Waals surface area contributed by atoms with Gasteiger partial charge in [0.05, 0.1) is 7.11 Å². The van der Waals surface area contributed by atoms with Crippen LogP contribution in [0.25, 0.3) is 0 Å². The van der Waals surface area contributed by atoms with Crippen LogP contribution in [-0.4, -0.2) is 13.7 Å². The normalized spacial score (nSPS) is 10.8. The van der Waals surface area contributed by atoms with Crippen LogP contribution in [0.4, 0.5) is 4.39 Å². The summed E-state index contributed by atoms with van der Waals surface area (Å²) in [5.41, 5.74) is 3.19. The lowest BCUT2D eigenvalue weighted by Crippen LogP contribution is -2.17. The van der Waals surface area contributed by atoms with Crippen LogP contribution in [0.5, 0.6) is 11.5 Å². The second kappa shape index (κ2) is 10.6. The maximum Gasteiger partial charge on any atom is 0.162 e. The maximum atomic E-state index is 13.0. The molecule has 0 bridgehead atoms. The zero-order chi connectivity index (χ0) is 20.6. The van der Waals surface area contributed by atoms with Crippen LogP contribution in [0, 0.1) is 5.82 Å². The van der Waals surface area contributed by atoms with Gasteiger partial charge >= 0.3 is 0 Å². The van der Waals surface area contributed by atoms with Gasteiger partial charge in [0.15, 0.2) is 11.5 Å². The molecule has 0 aromatic heterocycles. The molecule has 29 heavy (non-hydrogen) atoms. The van der Waals surface area contributed by atoms with Gasteiger partial charge < -0.3 is 14.8 Å². The molecular formula is C23H22BrClFNO2. The van der Waals surface area contributed by atoms with Gasteiger partial charge in [-0.2, -0.15) is 0 Å². The topological polar surface area (TPSA) is 30.5 Å². The Kier molecular flexibility index (Phi) is 7.92. The van der Waals surface area contributed by atoms with Gasteiger partial charge in [0.2, 0.25) is 0 Å². The van der Waals surface area contributed by atoms with Gasteiger partial charge in [0.1, 0.15) is 12.4 Å². The molecule has 3 rings (SSSR count). The Morgan fingerprint density at radius 2 is 1.66 bits per heavy atom. The van der Waals surface area contributed by atoms with E-state index in [1.54, 1.807) is 7.11 Å². The number of methoxy groups -OCH3 is 1.